The summed E-state index contributed by atoms with van der Waals surface area (Å²) in [5.41, 5.74) is 6.09. The Labute approximate surface area is 101 Å². The van der Waals surface area contributed by atoms with E-state index in [4.69, 9.17) is 5.73 Å². The highest BCUT2D eigenvalue weighted by Crippen LogP contribution is 2.29. The Morgan fingerprint density at radius 1 is 1.53 bits per heavy atom. The monoisotopic (exact) mass is 240 g/mol. The van der Waals surface area contributed by atoms with Crippen LogP contribution >= 0.6 is 0 Å². The van der Waals surface area contributed by atoms with Gasteiger partial charge in [-0.25, -0.2) is 4.68 Å². The number of aryl methyl sites for hydroxylation is 1. The Balaban J connectivity index is 2.84. The Morgan fingerprint density at radius 2 is 2.18 bits per heavy atom. The van der Waals surface area contributed by atoms with Gasteiger partial charge in [0.25, 0.3) is 0 Å². The second-order valence-corrected chi connectivity index (χ2v) is 4.37. The Hall–Kier alpha value is -1.59. The van der Waals surface area contributed by atoms with Crippen molar-refractivity contribution in [2.75, 3.05) is 5.73 Å². The fourth-order valence-corrected chi connectivity index (χ4v) is 1.93. The van der Waals surface area contributed by atoms with E-state index in [9.17, 15) is 10.1 Å². The third-order valence-corrected chi connectivity index (χ3v) is 2.92. The highest BCUT2D eigenvalue weighted by Gasteiger charge is 2.24. The Morgan fingerprint density at radius 3 is 2.65 bits per heavy atom. The molecule has 0 spiro atoms. The minimum atomic E-state index is -0.465. The second kappa shape index (κ2) is 5.65. The molecule has 1 aromatic heterocycles. The quantitative estimate of drug-likeness (QED) is 0.470. The minimum absolute atomic E-state index is 0.0626. The molecule has 0 aliphatic rings. The number of hydrogen-bond donors (Lipinski definition) is 1. The Bertz CT molecular complexity index is 400. The van der Waals surface area contributed by atoms with Gasteiger partial charge in [-0.15, -0.1) is 0 Å². The van der Waals surface area contributed by atoms with E-state index in [0.29, 0.717) is 5.69 Å². The van der Waals surface area contributed by atoms with Crippen LogP contribution in [-0.2, 0) is 0 Å². The van der Waals surface area contributed by atoms with Gasteiger partial charge >= 0.3 is 5.69 Å². The maximum Gasteiger partial charge on any atom is 0.333 e. The van der Waals surface area contributed by atoms with Crippen LogP contribution in [0.15, 0.2) is 0 Å². The van der Waals surface area contributed by atoms with Crippen LogP contribution in [0.25, 0.3) is 0 Å². The second-order valence-electron chi connectivity index (χ2n) is 4.37. The molecule has 0 bridgehead atoms. The van der Waals surface area contributed by atoms with Crippen molar-refractivity contribution in [3.8, 4) is 0 Å². The molecule has 0 amide bonds. The third-order valence-electron chi connectivity index (χ3n) is 2.92. The van der Waals surface area contributed by atoms with Crippen LogP contribution in [0.3, 0.4) is 0 Å². The predicted molar refractivity (Wildman–Crippen MR) is 66.9 cm³/mol. The Kier molecular flexibility index (Phi) is 4.48. The molecule has 0 aliphatic carbocycles. The van der Waals surface area contributed by atoms with Gasteiger partial charge in [-0.1, -0.05) is 26.2 Å². The van der Waals surface area contributed by atoms with E-state index in [-0.39, 0.29) is 17.5 Å². The summed E-state index contributed by atoms with van der Waals surface area (Å²) < 4.78 is 1.57. The fraction of sp³-hybridized carbons (Fsp3) is 0.727. The molecule has 0 fully saturated rings. The largest absolute Gasteiger partial charge is 0.378 e. The summed E-state index contributed by atoms with van der Waals surface area (Å²) in [4.78, 5) is 10.3. The van der Waals surface area contributed by atoms with Crippen LogP contribution in [-0.4, -0.2) is 14.7 Å². The van der Waals surface area contributed by atoms with Crippen LogP contribution in [0.1, 0.15) is 51.3 Å². The van der Waals surface area contributed by atoms with Crippen molar-refractivity contribution in [1.82, 2.24) is 9.78 Å². The number of rotatable bonds is 6. The number of hydrogen-bond acceptors (Lipinski definition) is 4. The third kappa shape index (κ3) is 2.95. The zero-order chi connectivity index (χ0) is 13.0. The topological polar surface area (TPSA) is 87.0 Å². The van der Waals surface area contributed by atoms with Gasteiger partial charge < -0.3 is 5.73 Å². The molecule has 0 radical (unpaired) electrons. The SMILES string of the molecule is CCCCCC(C)n1nc(C)c([N+](=O)[O-])c1N. The number of unbranched alkanes of at least 4 members (excludes halogenated alkanes) is 2. The van der Waals surface area contributed by atoms with E-state index in [1.54, 1.807) is 11.6 Å². The molecule has 0 aliphatic heterocycles. The summed E-state index contributed by atoms with van der Waals surface area (Å²) in [5.74, 6) is 0.163. The van der Waals surface area contributed by atoms with E-state index >= 15 is 0 Å². The zero-order valence-electron chi connectivity index (χ0n) is 10.6. The number of nitro groups is 1. The lowest BCUT2D eigenvalue weighted by atomic mass is 10.1. The minimum Gasteiger partial charge on any atom is -0.378 e. The first-order valence-corrected chi connectivity index (χ1v) is 5.98. The first-order valence-electron chi connectivity index (χ1n) is 5.98. The molecule has 1 rings (SSSR count). The predicted octanol–water partition coefficient (Wildman–Crippen LogP) is 2.82. The molecular formula is C11H20N4O2. The number of nitrogen functional groups attached to an aromatic ring is 1. The molecule has 1 atom stereocenters. The molecule has 2 N–H and O–H groups in total. The van der Waals surface area contributed by atoms with Crippen molar-refractivity contribution in [2.45, 2.75) is 52.5 Å². The molecule has 0 aromatic carbocycles. The highest BCUT2D eigenvalue weighted by molar-refractivity contribution is 5.56. The van der Waals surface area contributed by atoms with Gasteiger partial charge in [0.15, 0.2) is 0 Å². The molecule has 6 heteroatoms. The van der Waals surface area contributed by atoms with Crippen molar-refractivity contribution in [1.29, 1.82) is 0 Å². The summed E-state index contributed by atoms with van der Waals surface area (Å²) in [7, 11) is 0. The maximum absolute atomic E-state index is 10.8. The van der Waals surface area contributed by atoms with E-state index in [0.717, 1.165) is 25.7 Å². The van der Waals surface area contributed by atoms with E-state index in [1.165, 1.54) is 0 Å². The van der Waals surface area contributed by atoms with E-state index in [2.05, 4.69) is 12.0 Å². The molecule has 1 heterocycles. The van der Waals surface area contributed by atoms with Crippen LogP contribution in [0.4, 0.5) is 11.5 Å². The molecule has 1 unspecified atom stereocenters. The fourth-order valence-electron chi connectivity index (χ4n) is 1.93. The van der Waals surface area contributed by atoms with Gasteiger partial charge in [0.05, 0.1) is 11.0 Å². The zero-order valence-corrected chi connectivity index (χ0v) is 10.6. The lowest BCUT2D eigenvalue weighted by molar-refractivity contribution is -0.384. The van der Waals surface area contributed by atoms with Gasteiger partial charge in [0.1, 0.15) is 5.69 Å². The summed E-state index contributed by atoms with van der Waals surface area (Å²) in [6.45, 7) is 5.74. The van der Waals surface area contributed by atoms with Crippen LogP contribution < -0.4 is 5.73 Å². The molecule has 0 saturated carbocycles. The smallest absolute Gasteiger partial charge is 0.333 e. The average molecular weight is 240 g/mol. The van der Waals surface area contributed by atoms with Crippen LogP contribution in [0.2, 0.25) is 0 Å². The summed E-state index contributed by atoms with van der Waals surface area (Å²) in [6.07, 6.45) is 4.34. The van der Waals surface area contributed by atoms with Gasteiger partial charge in [0, 0.05) is 0 Å². The van der Waals surface area contributed by atoms with Gasteiger partial charge in [-0.3, -0.25) is 10.1 Å². The van der Waals surface area contributed by atoms with Crippen LogP contribution in [0.5, 0.6) is 0 Å². The van der Waals surface area contributed by atoms with Gasteiger partial charge in [-0.05, 0) is 20.3 Å². The number of aromatic nitrogens is 2. The first kappa shape index (κ1) is 13.5. The van der Waals surface area contributed by atoms with Crippen LogP contribution in [0, 0.1) is 17.0 Å². The lowest BCUT2D eigenvalue weighted by Gasteiger charge is -2.12. The molecule has 1 aromatic rings. The summed E-state index contributed by atoms with van der Waals surface area (Å²) >= 11 is 0. The number of anilines is 1. The maximum atomic E-state index is 10.8. The summed E-state index contributed by atoms with van der Waals surface area (Å²) in [6, 6.07) is 0.106. The highest BCUT2D eigenvalue weighted by atomic mass is 16.6. The molecule has 0 saturated heterocycles. The summed E-state index contributed by atoms with van der Waals surface area (Å²) in [5, 5.41) is 15.0. The number of nitrogens with zero attached hydrogens (tertiary/aromatic N) is 3. The first-order chi connectivity index (χ1) is 7.99. The van der Waals surface area contributed by atoms with Gasteiger partial charge in [0.2, 0.25) is 5.82 Å². The molecule has 96 valence electrons. The standard InChI is InChI=1S/C11H20N4O2/c1-4-5-6-7-8(2)14-11(12)10(15(16)17)9(3)13-14/h8H,4-7,12H2,1-3H3. The van der Waals surface area contributed by atoms with E-state index < -0.39 is 4.92 Å². The molecule has 17 heavy (non-hydrogen) atoms. The van der Waals surface area contributed by atoms with Crippen molar-refractivity contribution < 1.29 is 4.92 Å². The average Bonchev–Trinajstić information content (AvgIpc) is 2.54. The van der Waals surface area contributed by atoms with E-state index in [1.807, 2.05) is 6.92 Å². The molecule has 6 nitrogen and oxygen atoms in total. The number of nitrogens with two attached hydrogens (primary N) is 1. The molecular weight excluding hydrogens is 220 g/mol. The van der Waals surface area contributed by atoms with Crippen molar-refractivity contribution in [3.05, 3.63) is 15.8 Å². The van der Waals surface area contributed by atoms with Gasteiger partial charge in [-0.2, -0.15) is 5.10 Å². The normalized spacial score (nSPS) is 12.6. The van der Waals surface area contributed by atoms with Crippen molar-refractivity contribution in [2.24, 2.45) is 0 Å². The van der Waals surface area contributed by atoms with Crippen molar-refractivity contribution in [3.63, 3.8) is 0 Å². The lowest BCUT2D eigenvalue weighted by Crippen LogP contribution is -2.10. The van der Waals surface area contributed by atoms with Crippen molar-refractivity contribution >= 4 is 11.5 Å².